The fraction of sp³-hybridized carbons (Fsp3) is 1.00. The van der Waals surface area contributed by atoms with Gasteiger partial charge in [-0.1, -0.05) is 27.2 Å². The number of rotatable bonds is 5. The van der Waals surface area contributed by atoms with Gasteiger partial charge in [0.05, 0.1) is 0 Å². The summed E-state index contributed by atoms with van der Waals surface area (Å²) in [6.07, 6.45) is 5.00. The molecule has 0 bridgehead atoms. The lowest BCUT2D eigenvalue weighted by molar-refractivity contribution is 0.121. The zero-order valence-electron chi connectivity index (χ0n) is 11.5. The number of hydrogen-bond donors (Lipinski definition) is 0. The summed E-state index contributed by atoms with van der Waals surface area (Å²) in [6, 6.07) is 0. The van der Waals surface area contributed by atoms with E-state index in [1.54, 1.807) is 0 Å². The molecule has 16 heavy (non-hydrogen) atoms. The van der Waals surface area contributed by atoms with Crippen LogP contribution in [0.1, 0.15) is 46.5 Å². The van der Waals surface area contributed by atoms with Crippen LogP contribution >= 0.6 is 0 Å². The maximum atomic E-state index is 5.92. The topological polar surface area (TPSA) is 21.7 Å². The normalized spacial score (nSPS) is 20.1. The summed E-state index contributed by atoms with van der Waals surface area (Å²) < 4.78 is 14.3. The molecule has 0 N–H and O–H groups in total. The summed E-state index contributed by atoms with van der Waals surface area (Å²) in [5.41, 5.74) is 0. The average Bonchev–Trinajstić information content (AvgIpc) is 2.32. The average molecular weight is 245 g/mol. The fourth-order valence-electron chi connectivity index (χ4n) is 2.73. The minimum Gasteiger partial charge on any atom is -0.386 e. The van der Waals surface area contributed by atoms with Gasteiger partial charge in [0.25, 0.3) is 0 Å². The number of hydrogen-bond acceptors (Lipinski definition) is 3. The van der Waals surface area contributed by atoms with E-state index in [1.807, 2.05) is 14.2 Å². The molecule has 1 rings (SSSR count). The van der Waals surface area contributed by atoms with Gasteiger partial charge in [0.1, 0.15) is 0 Å². The highest BCUT2D eigenvalue weighted by atomic mass is 28.4. The van der Waals surface area contributed by atoms with Crippen molar-refractivity contribution in [3.63, 3.8) is 0 Å². The van der Waals surface area contributed by atoms with Crippen LogP contribution in [0.5, 0.6) is 0 Å². The second-order valence-electron chi connectivity index (χ2n) is 5.28. The maximum Gasteiger partial charge on any atom is 0.433 e. The smallest absolute Gasteiger partial charge is 0.386 e. The second-order valence-corrected chi connectivity index (χ2v) is 9.24. The van der Waals surface area contributed by atoms with Crippen molar-refractivity contribution in [1.29, 1.82) is 0 Å². The molecule has 1 aliphatic heterocycles. The van der Waals surface area contributed by atoms with Crippen molar-refractivity contribution in [3.8, 4) is 0 Å². The standard InChI is InChI=1S/C12H27NO2Si/c1-6-12(2,3)16(14-4,15-5)13-10-8-7-9-11-13/h6-11H2,1-5H3. The van der Waals surface area contributed by atoms with Crippen molar-refractivity contribution < 1.29 is 8.85 Å². The van der Waals surface area contributed by atoms with Crippen molar-refractivity contribution >= 4 is 8.72 Å². The zero-order chi connectivity index (χ0) is 12.2. The molecule has 0 aromatic carbocycles. The van der Waals surface area contributed by atoms with Crippen molar-refractivity contribution in [2.45, 2.75) is 51.5 Å². The van der Waals surface area contributed by atoms with Crippen molar-refractivity contribution in [1.82, 2.24) is 4.57 Å². The van der Waals surface area contributed by atoms with Gasteiger partial charge in [0, 0.05) is 19.3 Å². The molecule has 0 aromatic heterocycles. The lowest BCUT2D eigenvalue weighted by Gasteiger charge is -2.48. The summed E-state index contributed by atoms with van der Waals surface area (Å²) in [4.78, 5) is 0. The van der Waals surface area contributed by atoms with Gasteiger partial charge in [-0.15, -0.1) is 0 Å². The van der Waals surface area contributed by atoms with Crippen molar-refractivity contribution in [3.05, 3.63) is 0 Å². The third kappa shape index (κ3) is 2.35. The highest BCUT2D eigenvalue weighted by Gasteiger charge is 2.55. The van der Waals surface area contributed by atoms with Gasteiger partial charge < -0.3 is 8.85 Å². The molecule has 0 saturated carbocycles. The van der Waals surface area contributed by atoms with Gasteiger partial charge in [-0.2, -0.15) is 0 Å². The van der Waals surface area contributed by atoms with E-state index in [0.717, 1.165) is 19.5 Å². The molecule has 0 unspecified atom stereocenters. The molecule has 1 heterocycles. The molecule has 0 radical (unpaired) electrons. The van der Waals surface area contributed by atoms with Gasteiger partial charge in [0.15, 0.2) is 0 Å². The van der Waals surface area contributed by atoms with Crippen LogP contribution in [0.3, 0.4) is 0 Å². The summed E-state index contributed by atoms with van der Waals surface area (Å²) in [6.45, 7) is 9.06. The van der Waals surface area contributed by atoms with Crippen LogP contribution in [0, 0.1) is 0 Å². The van der Waals surface area contributed by atoms with E-state index in [4.69, 9.17) is 8.85 Å². The minimum absolute atomic E-state index is 0.133. The number of nitrogens with zero attached hydrogens (tertiary/aromatic N) is 1. The molecule has 0 aromatic rings. The highest BCUT2D eigenvalue weighted by molar-refractivity contribution is 6.67. The summed E-state index contributed by atoms with van der Waals surface area (Å²) in [7, 11) is 1.41. The Hall–Kier alpha value is 0.0969. The van der Waals surface area contributed by atoms with Crippen LogP contribution in [0.25, 0.3) is 0 Å². The highest BCUT2D eigenvalue weighted by Crippen LogP contribution is 2.43. The Labute approximate surface area is 101 Å². The molecule has 1 saturated heterocycles. The SMILES string of the molecule is CCC(C)(C)[Si](OC)(OC)N1CCCCC1. The molecular formula is C12H27NO2Si. The van der Waals surface area contributed by atoms with Crippen LogP contribution in [0.4, 0.5) is 0 Å². The first kappa shape index (κ1) is 14.2. The van der Waals surface area contributed by atoms with Gasteiger partial charge >= 0.3 is 8.72 Å². The predicted molar refractivity (Wildman–Crippen MR) is 69.5 cm³/mol. The second kappa shape index (κ2) is 5.62. The fourth-order valence-corrected chi connectivity index (χ4v) is 6.73. The monoisotopic (exact) mass is 245 g/mol. The van der Waals surface area contributed by atoms with E-state index in [1.165, 1.54) is 19.3 Å². The Morgan fingerprint density at radius 3 is 1.94 bits per heavy atom. The predicted octanol–water partition coefficient (Wildman–Crippen LogP) is 2.89. The summed E-state index contributed by atoms with van der Waals surface area (Å²) >= 11 is 0. The first-order valence-electron chi connectivity index (χ1n) is 6.39. The maximum absolute atomic E-state index is 5.92. The molecule has 0 amide bonds. The zero-order valence-corrected chi connectivity index (χ0v) is 12.5. The van der Waals surface area contributed by atoms with Crippen molar-refractivity contribution in [2.75, 3.05) is 27.3 Å². The molecule has 1 fully saturated rings. The third-order valence-electron chi connectivity index (χ3n) is 4.06. The molecule has 96 valence electrons. The first-order valence-corrected chi connectivity index (χ1v) is 8.16. The Bertz CT molecular complexity index is 211. The van der Waals surface area contributed by atoms with Crippen LogP contribution < -0.4 is 0 Å². The van der Waals surface area contributed by atoms with E-state index < -0.39 is 8.72 Å². The molecular weight excluding hydrogens is 218 g/mol. The molecule has 3 nitrogen and oxygen atoms in total. The molecule has 4 heteroatoms. The van der Waals surface area contributed by atoms with E-state index in [2.05, 4.69) is 25.3 Å². The van der Waals surface area contributed by atoms with Gasteiger partial charge in [0.2, 0.25) is 0 Å². The Balaban J connectivity index is 2.93. The van der Waals surface area contributed by atoms with Gasteiger partial charge in [-0.25, -0.2) is 0 Å². The summed E-state index contributed by atoms with van der Waals surface area (Å²) in [5.74, 6) is 0. The van der Waals surface area contributed by atoms with E-state index in [9.17, 15) is 0 Å². The first-order chi connectivity index (χ1) is 7.54. The largest absolute Gasteiger partial charge is 0.433 e. The third-order valence-corrected chi connectivity index (χ3v) is 8.52. The van der Waals surface area contributed by atoms with Gasteiger partial charge in [-0.3, -0.25) is 4.57 Å². The Morgan fingerprint density at radius 2 is 1.56 bits per heavy atom. The Kier molecular flexibility index (Phi) is 4.98. The number of piperidine rings is 1. The molecule has 0 spiro atoms. The van der Waals surface area contributed by atoms with Crippen LogP contribution in [0.2, 0.25) is 5.04 Å². The van der Waals surface area contributed by atoms with Gasteiger partial charge in [-0.05, 0) is 32.4 Å². The Morgan fingerprint density at radius 1 is 1.06 bits per heavy atom. The lowest BCUT2D eigenvalue weighted by Crippen LogP contribution is -2.64. The van der Waals surface area contributed by atoms with Crippen LogP contribution in [-0.2, 0) is 8.85 Å². The van der Waals surface area contributed by atoms with E-state index >= 15 is 0 Å². The molecule has 0 atom stereocenters. The molecule has 1 aliphatic rings. The van der Waals surface area contributed by atoms with E-state index in [-0.39, 0.29) is 5.04 Å². The molecule has 0 aliphatic carbocycles. The summed E-state index contributed by atoms with van der Waals surface area (Å²) in [5, 5.41) is 0.133. The van der Waals surface area contributed by atoms with E-state index in [0.29, 0.717) is 0 Å². The van der Waals surface area contributed by atoms with Crippen LogP contribution in [-0.4, -0.2) is 40.6 Å². The quantitative estimate of drug-likeness (QED) is 0.695. The lowest BCUT2D eigenvalue weighted by atomic mass is 10.1. The van der Waals surface area contributed by atoms with Crippen molar-refractivity contribution in [2.24, 2.45) is 0 Å². The van der Waals surface area contributed by atoms with Crippen LogP contribution in [0.15, 0.2) is 0 Å². The minimum atomic E-state index is -2.24.